The normalized spacial score (nSPS) is 21.2. The summed E-state index contributed by atoms with van der Waals surface area (Å²) in [5, 5.41) is 6.88. The van der Waals surface area contributed by atoms with Crippen LogP contribution in [-0.4, -0.2) is 16.0 Å². The molecule has 1 aromatic heterocycles. The number of carbonyl (C=O) groups excluding carboxylic acids is 1. The lowest BCUT2D eigenvalue weighted by Gasteiger charge is -2.03. The first-order chi connectivity index (χ1) is 11.4. The lowest BCUT2D eigenvalue weighted by Crippen LogP contribution is -2.26. The number of nitrogens with one attached hydrogen (secondary N) is 1. The molecule has 1 aliphatic carbocycles. The first kappa shape index (κ1) is 16.4. The Morgan fingerprint density at radius 1 is 1.29 bits per heavy atom. The Labute approximate surface area is 142 Å². The van der Waals surface area contributed by atoms with E-state index in [4.69, 9.17) is 4.52 Å². The summed E-state index contributed by atoms with van der Waals surface area (Å²) in [6.45, 7) is 8.63. The van der Waals surface area contributed by atoms with Gasteiger partial charge in [0.2, 0.25) is 17.6 Å². The Morgan fingerprint density at radius 3 is 2.67 bits per heavy atom. The fraction of sp³-hybridized carbons (Fsp3) is 0.421. The second-order valence-electron chi connectivity index (χ2n) is 7.16. The number of nitrogens with zero attached hydrogens (tertiary/aromatic N) is 2. The molecule has 1 aromatic carbocycles. The van der Waals surface area contributed by atoms with Crippen LogP contribution in [0.5, 0.6) is 0 Å². The lowest BCUT2D eigenvalue weighted by atomic mass is 10.1. The molecule has 1 fully saturated rings. The third-order valence-electron chi connectivity index (χ3n) is 4.62. The van der Waals surface area contributed by atoms with Crippen LogP contribution in [0, 0.1) is 17.3 Å². The molecule has 0 bridgehead atoms. The molecule has 24 heavy (non-hydrogen) atoms. The minimum absolute atomic E-state index is 0.00363. The highest BCUT2D eigenvalue weighted by molar-refractivity contribution is 5.83. The van der Waals surface area contributed by atoms with Gasteiger partial charge in [0.15, 0.2) is 0 Å². The van der Waals surface area contributed by atoms with Gasteiger partial charge < -0.3 is 9.84 Å². The van der Waals surface area contributed by atoms with E-state index in [1.54, 1.807) is 0 Å². The maximum atomic E-state index is 12.4. The fourth-order valence-electron chi connectivity index (χ4n) is 3.15. The lowest BCUT2D eigenvalue weighted by molar-refractivity contribution is -0.123. The minimum Gasteiger partial charge on any atom is -0.347 e. The van der Waals surface area contributed by atoms with Crippen molar-refractivity contribution in [2.24, 2.45) is 17.3 Å². The Kier molecular flexibility index (Phi) is 4.26. The van der Waals surface area contributed by atoms with E-state index in [1.807, 2.05) is 30.3 Å². The average Bonchev–Trinajstić information content (AvgIpc) is 2.90. The van der Waals surface area contributed by atoms with Crippen LogP contribution in [-0.2, 0) is 11.3 Å². The zero-order valence-electron chi connectivity index (χ0n) is 14.5. The molecule has 1 aliphatic rings. The van der Waals surface area contributed by atoms with Gasteiger partial charge in [0.1, 0.15) is 0 Å². The highest BCUT2D eigenvalue weighted by Gasteiger charge is 2.60. The number of allylic oxidation sites excluding steroid dienone is 2. The molecular weight excluding hydrogens is 302 g/mol. The topological polar surface area (TPSA) is 68.0 Å². The smallest absolute Gasteiger partial charge is 0.246 e. The van der Waals surface area contributed by atoms with Crippen molar-refractivity contribution in [1.82, 2.24) is 15.5 Å². The summed E-state index contributed by atoms with van der Waals surface area (Å²) in [4.78, 5) is 16.8. The number of amides is 1. The standard InChI is InChI=1S/C19H23N3O2/c1-12(2)10-14-16(19(14,3)4)18(23)20-11-15-21-17(22-24-15)13-8-6-5-7-9-13/h5-10,14,16H,11H2,1-4H3,(H,20,23)/t14-,16-/m1/s1. The summed E-state index contributed by atoms with van der Waals surface area (Å²) >= 11 is 0. The molecule has 2 aromatic rings. The van der Waals surface area contributed by atoms with Crippen molar-refractivity contribution < 1.29 is 9.32 Å². The first-order valence-corrected chi connectivity index (χ1v) is 8.20. The summed E-state index contributed by atoms with van der Waals surface area (Å²) in [5.41, 5.74) is 2.14. The number of hydrogen-bond donors (Lipinski definition) is 1. The molecular formula is C19H23N3O2. The van der Waals surface area contributed by atoms with Crippen LogP contribution in [0.25, 0.3) is 11.4 Å². The van der Waals surface area contributed by atoms with Crippen molar-refractivity contribution in [3.63, 3.8) is 0 Å². The van der Waals surface area contributed by atoms with Gasteiger partial charge in [-0.25, -0.2) is 0 Å². The SMILES string of the molecule is CC(C)=C[C@@H]1[C@H](C(=O)NCc2nc(-c3ccccc3)no2)C1(C)C. The predicted molar refractivity (Wildman–Crippen MR) is 91.8 cm³/mol. The Morgan fingerprint density at radius 2 is 2.00 bits per heavy atom. The molecule has 5 nitrogen and oxygen atoms in total. The van der Waals surface area contributed by atoms with E-state index >= 15 is 0 Å². The van der Waals surface area contributed by atoms with Gasteiger partial charge in [-0.1, -0.05) is 61.0 Å². The van der Waals surface area contributed by atoms with Gasteiger partial charge in [0, 0.05) is 5.56 Å². The van der Waals surface area contributed by atoms with E-state index in [-0.39, 0.29) is 23.8 Å². The molecule has 1 saturated carbocycles. The van der Waals surface area contributed by atoms with Gasteiger partial charge in [-0.05, 0) is 25.2 Å². The van der Waals surface area contributed by atoms with Crippen LogP contribution in [0.3, 0.4) is 0 Å². The van der Waals surface area contributed by atoms with Gasteiger partial charge >= 0.3 is 0 Å². The highest BCUT2D eigenvalue weighted by atomic mass is 16.5. The molecule has 5 heteroatoms. The van der Waals surface area contributed by atoms with E-state index in [0.29, 0.717) is 17.6 Å². The number of aromatic nitrogens is 2. The maximum Gasteiger partial charge on any atom is 0.246 e. The van der Waals surface area contributed by atoms with Gasteiger partial charge in [0.25, 0.3) is 0 Å². The molecule has 3 rings (SSSR count). The van der Waals surface area contributed by atoms with Crippen molar-refractivity contribution in [1.29, 1.82) is 0 Å². The quantitative estimate of drug-likeness (QED) is 0.853. The molecule has 0 unspecified atom stereocenters. The number of carbonyl (C=O) groups is 1. The summed E-state index contributed by atoms with van der Waals surface area (Å²) in [7, 11) is 0. The minimum atomic E-state index is 0.00363. The van der Waals surface area contributed by atoms with E-state index in [9.17, 15) is 4.79 Å². The van der Waals surface area contributed by atoms with Crippen molar-refractivity contribution in [3.05, 3.63) is 47.9 Å². The fourth-order valence-corrected chi connectivity index (χ4v) is 3.15. The van der Waals surface area contributed by atoms with Crippen molar-refractivity contribution >= 4 is 5.91 Å². The van der Waals surface area contributed by atoms with Crippen LogP contribution >= 0.6 is 0 Å². The van der Waals surface area contributed by atoms with Crippen LogP contribution in [0.15, 0.2) is 46.5 Å². The Bertz CT molecular complexity index is 758. The van der Waals surface area contributed by atoms with Crippen molar-refractivity contribution in [3.8, 4) is 11.4 Å². The maximum absolute atomic E-state index is 12.4. The van der Waals surface area contributed by atoms with E-state index in [2.05, 4.69) is 49.2 Å². The summed E-state index contributed by atoms with van der Waals surface area (Å²) < 4.78 is 5.23. The van der Waals surface area contributed by atoms with Crippen molar-refractivity contribution in [2.75, 3.05) is 0 Å². The second kappa shape index (κ2) is 6.23. The largest absolute Gasteiger partial charge is 0.347 e. The van der Waals surface area contributed by atoms with E-state index in [0.717, 1.165) is 5.56 Å². The summed E-state index contributed by atoms with van der Waals surface area (Å²) in [6, 6.07) is 9.62. The molecule has 0 saturated heterocycles. The molecule has 0 spiro atoms. The molecule has 1 heterocycles. The van der Waals surface area contributed by atoms with Gasteiger partial charge in [-0.2, -0.15) is 4.98 Å². The predicted octanol–water partition coefficient (Wildman–Crippen LogP) is 3.59. The molecule has 2 atom stereocenters. The van der Waals surface area contributed by atoms with Crippen molar-refractivity contribution in [2.45, 2.75) is 34.2 Å². The molecule has 1 amide bonds. The van der Waals surface area contributed by atoms with Gasteiger partial charge in [-0.15, -0.1) is 0 Å². The van der Waals surface area contributed by atoms with Crippen LogP contribution in [0.1, 0.15) is 33.6 Å². The zero-order chi connectivity index (χ0) is 17.3. The molecule has 1 N–H and O–H groups in total. The number of rotatable bonds is 5. The highest BCUT2D eigenvalue weighted by Crippen LogP contribution is 2.59. The monoisotopic (exact) mass is 325 g/mol. The molecule has 0 aliphatic heterocycles. The first-order valence-electron chi connectivity index (χ1n) is 8.20. The summed E-state index contributed by atoms with van der Waals surface area (Å²) in [5.74, 6) is 1.30. The number of benzene rings is 1. The molecule has 126 valence electrons. The van der Waals surface area contributed by atoms with E-state index in [1.165, 1.54) is 5.57 Å². The second-order valence-corrected chi connectivity index (χ2v) is 7.16. The van der Waals surface area contributed by atoms with Crippen LogP contribution in [0.4, 0.5) is 0 Å². The van der Waals surface area contributed by atoms with Gasteiger partial charge in [0.05, 0.1) is 12.5 Å². The average molecular weight is 325 g/mol. The summed E-state index contributed by atoms with van der Waals surface area (Å²) in [6.07, 6.45) is 2.18. The van der Waals surface area contributed by atoms with E-state index < -0.39 is 0 Å². The van der Waals surface area contributed by atoms with Gasteiger partial charge in [-0.3, -0.25) is 4.79 Å². The number of hydrogen-bond acceptors (Lipinski definition) is 4. The third kappa shape index (κ3) is 3.25. The Balaban J connectivity index is 1.60. The van der Waals surface area contributed by atoms with Crippen LogP contribution < -0.4 is 5.32 Å². The third-order valence-corrected chi connectivity index (χ3v) is 4.62. The van der Waals surface area contributed by atoms with Crippen LogP contribution in [0.2, 0.25) is 0 Å². The Hall–Kier alpha value is -2.43. The molecule has 0 radical (unpaired) electrons. The zero-order valence-corrected chi connectivity index (χ0v) is 14.5.